The van der Waals surface area contributed by atoms with Crippen LogP contribution < -0.4 is 15.0 Å². The van der Waals surface area contributed by atoms with E-state index in [1.807, 2.05) is 60.2 Å². The molecule has 0 aliphatic carbocycles. The Morgan fingerprint density at radius 1 is 1.22 bits per heavy atom. The number of hydrogen-bond donors (Lipinski definition) is 1. The number of nitrogens with one attached hydrogen (secondary N) is 1. The highest BCUT2D eigenvalue weighted by atomic mass is 32.1. The number of anilines is 1. The van der Waals surface area contributed by atoms with Crippen molar-refractivity contribution in [3.8, 4) is 17.0 Å². The Bertz CT molecular complexity index is 1240. The van der Waals surface area contributed by atoms with Crippen molar-refractivity contribution in [1.29, 1.82) is 0 Å². The van der Waals surface area contributed by atoms with Gasteiger partial charge in [-0.1, -0.05) is 18.2 Å². The van der Waals surface area contributed by atoms with Crippen molar-refractivity contribution in [1.82, 2.24) is 20.1 Å². The zero-order chi connectivity index (χ0) is 22.7. The summed E-state index contributed by atoms with van der Waals surface area (Å²) in [5.41, 5.74) is 4.33. The van der Waals surface area contributed by atoms with Gasteiger partial charge in [-0.2, -0.15) is 5.10 Å². The van der Waals surface area contributed by atoms with Crippen molar-refractivity contribution < 1.29 is 9.53 Å². The van der Waals surface area contributed by atoms with E-state index >= 15 is 0 Å². The van der Waals surface area contributed by atoms with E-state index in [1.54, 1.807) is 24.5 Å². The van der Waals surface area contributed by atoms with Gasteiger partial charge in [-0.15, -0.1) is 11.3 Å². The number of para-hydroxylation sites is 1. The van der Waals surface area contributed by atoms with Crippen LogP contribution in [0.5, 0.6) is 5.75 Å². The van der Waals surface area contributed by atoms with Crippen LogP contribution in [-0.4, -0.2) is 48.4 Å². The van der Waals surface area contributed by atoms with Crippen molar-refractivity contribution in [2.45, 2.75) is 19.9 Å². The van der Waals surface area contributed by atoms with E-state index < -0.39 is 0 Å². The number of hydrogen-bond acceptors (Lipinski definition) is 6. The first-order valence-corrected chi connectivity index (χ1v) is 11.4. The van der Waals surface area contributed by atoms with Crippen LogP contribution in [0.25, 0.3) is 22.2 Å². The highest BCUT2D eigenvalue weighted by Gasteiger charge is 2.15. The standard InChI is InChI=1S/C24H27N5O2S/c1-16-18-8-5-6-9-21(18)29(27-16)13-7-12-25-23(30)17-10-11-22(31-4)19(14-17)20-15-32-24(26-20)28(2)3/h5-6,8-11,14-15H,7,12-13H2,1-4H3,(H,25,30). The lowest BCUT2D eigenvalue weighted by atomic mass is 10.1. The lowest BCUT2D eigenvalue weighted by Crippen LogP contribution is -2.25. The van der Waals surface area contributed by atoms with Crippen LogP contribution in [0.2, 0.25) is 0 Å². The van der Waals surface area contributed by atoms with E-state index in [4.69, 9.17) is 4.74 Å². The van der Waals surface area contributed by atoms with Gasteiger partial charge < -0.3 is 15.0 Å². The molecule has 2 aromatic heterocycles. The van der Waals surface area contributed by atoms with E-state index in [9.17, 15) is 4.79 Å². The maximum Gasteiger partial charge on any atom is 0.251 e. The molecule has 7 nitrogen and oxygen atoms in total. The molecule has 8 heteroatoms. The molecule has 1 N–H and O–H groups in total. The van der Waals surface area contributed by atoms with Gasteiger partial charge in [0.15, 0.2) is 5.13 Å². The number of carbonyl (C=O) groups is 1. The largest absolute Gasteiger partial charge is 0.496 e. The minimum atomic E-state index is -0.113. The minimum Gasteiger partial charge on any atom is -0.496 e. The normalized spacial score (nSPS) is 11.0. The van der Waals surface area contributed by atoms with Crippen LogP contribution in [-0.2, 0) is 6.54 Å². The Morgan fingerprint density at radius 2 is 2.03 bits per heavy atom. The van der Waals surface area contributed by atoms with Crippen molar-refractivity contribution in [2.75, 3.05) is 32.6 Å². The Morgan fingerprint density at radius 3 is 2.78 bits per heavy atom. The molecule has 0 fully saturated rings. The van der Waals surface area contributed by atoms with Gasteiger partial charge in [0.05, 0.1) is 24.0 Å². The Hall–Kier alpha value is -3.39. The van der Waals surface area contributed by atoms with Gasteiger partial charge in [-0.25, -0.2) is 4.98 Å². The molecule has 0 saturated carbocycles. The summed E-state index contributed by atoms with van der Waals surface area (Å²) in [5.74, 6) is 0.580. The summed E-state index contributed by atoms with van der Waals surface area (Å²) in [5, 5.41) is 11.7. The second kappa shape index (κ2) is 9.40. The Balaban J connectivity index is 1.41. The maximum atomic E-state index is 12.8. The summed E-state index contributed by atoms with van der Waals surface area (Å²) in [6.07, 6.45) is 0.790. The third kappa shape index (κ3) is 4.45. The summed E-state index contributed by atoms with van der Waals surface area (Å²) in [6, 6.07) is 13.6. The Labute approximate surface area is 191 Å². The highest BCUT2D eigenvalue weighted by Crippen LogP contribution is 2.33. The highest BCUT2D eigenvalue weighted by molar-refractivity contribution is 7.14. The summed E-state index contributed by atoms with van der Waals surface area (Å²) in [4.78, 5) is 19.4. The number of aryl methyl sites for hydroxylation is 2. The average molecular weight is 450 g/mol. The van der Waals surface area contributed by atoms with E-state index in [0.717, 1.165) is 40.6 Å². The topological polar surface area (TPSA) is 72.3 Å². The fourth-order valence-corrected chi connectivity index (χ4v) is 4.40. The van der Waals surface area contributed by atoms with Crippen molar-refractivity contribution in [3.63, 3.8) is 0 Å². The molecule has 0 saturated heterocycles. The molecule has 0 bridgehead atoms. The van der Waals surface area contributed by atoms with Gasteiger partial charge >= 0.3 is 0 Å². The lowest BCUT2D eigenvalue weighted by Gasteiger charge is -2.11. The van der Waals surface area contributed by atoms with Crippen LogP contribution in [0.3, 0.4) is 0 Å². The minimum absolute atomic E-state index is 0.113. The SMILES string of the molecule is COc1ccc(C(=O)NCCCn2nc(C)c3ccccc32)cc1-c1csc(N(C)C)n1. The van der Waals surface area contributed by atoms with E-state index in [0.29, 0.717) is 17.9 Å². The number of methoxy groups -OCH3 is 1. The molecule has 0 aliphatic heterocycles. The van der Waals surface area contributed by atoms with Gasteiger partial charge in [-0.05, 0) is 37.6 Å². The van der Waals surface area contributed by atoms with Crippen LogP contribution in [0, 0.1) is 6.92 Å². The predicted molar refractivity (Wildman–Crippen MR) is 130 cm³/mol. The molecule has 32 heavy (non-hydrogen) atoms. The van der Waals surface area contributed by atoms with Crippen molar-refractivity contribution in [3.05, 3.63) is 59.1 Å². The van der Waals surface area contributed by atoms with Gasteiger partial charge in [0.2, 0.25) is 0 Å². The molecule has 0 atom stereocenters. The van der Waals surface area contributed by atoms with Crippen LogP contribution in [0.15, 0.2) is 47.8 Å². The first-order chi connectivity index (χ1) is 15.5. The first kappa shape index (κ1) is 21.8. The van der Waals surface area contributed by atoms with Gasteiger partial charge in [-0.3, -0.25) is 9.48 Å². The second-order valence-electron chi connectivity index (χ2n) is 7.76. The number of carbonyl (C=O) groups excluding carboxylic acids is 1. The van der Waals surface area contributed by atoms with Crippen LogP contribution in [0.1, 0.15) is 22.5 Å². The Kier molecular flexibility index (Phi) is 6.41. The number of benzene rings is 2. The summed E-state index contributed by atoms with van der Waals surface area (Å²) in [7, 11) is 5.53. The number of rotatable bonds is 8. The van der Waals surface area contributed by atoms with Gasteiger partial charge in [0.1, 0.15) is 5.75 Å². The van der Waals surface area contributed by atoms with Gasteiger partial charge in [0, 0.05) is 49.1 Å². The molecule has 2 heterocycles. The average Bonchev–Trinajstić information content (AvgIpc) is 3.42. The summed E-state index contributed by atoms with van der Waals surface area (Å²) in [6.45, 7) is 3.33. The van der Waals surface area contributed by atoms with Crippen molar-refractivity contribution in [2.24, 2.45) is 0 Å². The van der Waals surface area contributed by atoms with Crippen LogP contribution in [0.4, 0.5) is 5.13 Å². The number of fused-ring (bicyclic) bond motifs is 1. The maximum absolute atomic E-state index is 12.8. The van der Waals surface area contributed by atoms with E-state index in [2.05, 4.69) is 27.5 Å². The quantitative estimate of drug-likeness (QED) is 0.405. The zero-order valence-electron chi connectivity index (χ0n) is 18.8. The smallest absolute Gasteiger partial charge is 0.251 e. The summed E-state index contributed by atoms with van der Waals surface area (Å²) < 4.78 is 7.51. The number of thiazole rings is 1. The molecular formula is C24H27N5O2S. The molecule has 4 rings (SSSR count). The molecule has 4 aromatic rings. The number of ether oxygens (including phenoxy) is 1. The molecule has 0 radical (unpaired) electrons. The first-order valence-electron chi connectivity index (χ1n) is 10.5. The molecule has 166 valence electrons. The second-order valence-corrected chi connectivity index (χ2v) is 8.60. The zero-order valence-corrected chi connectivity index (χ0v) is 19.6. The number of aromatic nitrogens is 3. The molecular weight excluding hydrogens is 422 g/mol. The number of amides is 1. The molecule has 0 spiro atoms. The van der Waals surface area contributed by atoms with E-state index in [1.165, 1.54) is 5.39 Å². The van der Waals surface area contributed by atoms with Crippen LogP contribution >= 0.6 is 11.3 Å². The number of nitrogens with zero attached hydrogens (tertiary/aromatic N) is 4. The summed E-state index contributed by atoms with van der Waals surface area (Å²) >= 11 is 1.55. The molecule has 0 aliphatic rings. The fourth-order valence-electron chi connectivity index (χ4n) is 3.64. The molecule has 1 amide bonds. The fraction of sp³-hybridized carbons (Fsp3) is 0.292. The third-order valence-electron chi connectivity index (χ3n) is 5.29. The predicted octanol–water partition coefficient (Wildman–Crippen LogP) is 4.36. The molecule has 0 unspecified atom stereocenters. The third-order valence-corrected chi connectivity index (χ3v) is 6.30. The molecule has 2 aromatic carbocycles. The van der Waals surface area contributed by atoms with Gasteiger partial charge in [0.25, 0.3) is 5.91 Å². The van der Waals surface area contributed by atoms with Crippen molar-refractivity contribution >= 4 is 33.3 Å². The van der Waals surface area contributed by atoms with E-state index in [-0.39, 0.29) is 5.91 Å². The monoisotopic (exact) mass is 449 g/mol. The lowest BCUT2D eigenvalue weighted by molar-refractivity contribution is 0.0952.